The highest BCUT2D eigenvalue weighted by Crippen LogP contribution is 2.31. The smallest absolute Gasteiger partial charge is 0.224 e. The number of nitrogens with one attached hydrogen (secondary N) is 1. The third kappa shape index (κ3) is 3.36. The summed E-state index contributed by atoms with van der Waals surface area (Å²) in [5, 5.41) is 3.87. The molecule has 114 valence electrons. The Labute approximate surface area is 124 Å². The maximum Gasteiger partial charge on any atom is 0.224 e. The summed E-state index contributed by atoms with van der Waals surface area (Å²) in [6, 6.07) is 7.47. The fourth-order valence-electron chi connectivity index (χ4n) is 2.07. The van der Waals surface area contributed by atoms with Crippen molar-refractivity contribution in [1.82, 2.24) is 5.32 Å². The van der Waals surface area contributed by atoms with Crippen LogP contribution in [-0.2, 0) is 4.79 Å². The van der Waals surface area contributed by atoms with Gasteiger partial charge >= 0.3 is 0 Å². The predicted octanol–water partition coefficient (Wildman–Crippen LogP) is 2.60. The minimum Gasteiger partial charge on any atom is -0.490 e. The topological polar surface area (TPSA) is 77.5 Å². The number of carbonyl (C=O) groups excluding carboxylic acids is 1. The van der Waals surface area contributed by atoms with Crippen LogP contribution in [0.5, 0.6) is 5.75 Å². The maximum atomic E-state index is 11.9. The van der Waals surface area contributed by atoms with Crippen molar-refractivity contribution >= 4 is 16.9 Å². The maximum absolute atomic E-state index is 11.9. The van der Waals surface area contributed by atoms with Gasteiger partial charge in [-0.05, 0) is 26.0 Å². The van der Waals surface area contributed by atoms with Crippen LogP contribution in [0, 0.1) is 5.92 Å². The summed E-state index contributed by atoms with van der Waals surface area (Å²) in [5.74, 6) is 1.14. The van der Waals surface area contributed by atoms with Gasteiger partial charge in [-0.2, -0.15) is 0 Å². The zero-order valence-electron chi connectivity index (χ0n) is 12.7. The molecule has 21 heavy (non-hydrogen) atoms. The van der Waals surface area contributed by atoms with Crippen LogP contribution in [0.25, 0.3) is 11.0 Å². The number of hydrogen-bond donors (Lipinski definition) is 2. The van der Waals surface area contributed by atoms with E-state index in [0.717, 1.165) is 11.1 Å². The van der Waals surface area contributed by atoms with Crippen molar-refractivity contribution in [3.63, 3.8) is 0 Å². The lowest BCUT2D eigenvalue weighted by atomic mass is 10.1. The van der Waals surface area contributed by atoms with Gasteiger partial charge in [-0.3, -0.25) is 4.79 Å². The standard InChI is InChI=1S/C16H22N2O3/c1-4-20-13-7-5-6-12-8-14(21-15(12)13)11(3)18-16(19)10(2)9-17/h5-8,10-11H,4,9,17H2,1-3H3,(H,18,19). The van der Waals surface area contributed by atoms with Crippen molar-refractivity contribution < 1.29 is 13.9 Å². The van der Waals surface area contributed by atoms with Crippen molar-refractivity contribution in [3.8, 4) is 5.75 Å². The first-order valence-electron chi connectivity index (χ1n) is 7.22. The number of rotatable bonds is 6. The lowest BCUT2D eigenvalue weighted by molar-refractivity contribution is -0.124. The van der Waals surface area contributed by atoms with Gasteiger partial charge in [-0.15, -0.1) is 0 Å². The van der Waals surface area contributed by atoms with Gasteiger partial charge in [-0.25, -0.2) is 0 Å². The normalized spacial score (nSPS) is 13.9. The number of fused-ring (bicyclic) bond motifs is 1. The van der Waals surface area contributed by atoms with Crippen LogP contribution in [-0.4, -0.2) is 19.1 Å². The highest BCUT2D eigenvalue weighted by Gasteiger charge is 2.18. The van der Waals surface area contributed by atoms with E-state index in [-0.39, 0.29) is 17.9 Å². The Balaban J connectivity index is 2.22. The fraction of sp³-hybridized carbons (Fsp3) is 0.438. The summed E-state index contributed by atoms with van der Waals surface area (Å²) in [6.45, 7) is 6.52. The van der Waals surface area contributed by atoms with Crippen molar-refractivity contribution in [2.24, 2.45) is 11.7 Å². The molecule has 0 fully saturated rings. The number of furan rings is 1. The van der Waals surface area contributed by atoms with Gasteiger partial charge < -0.3 is 20.2 Å². The lowest BCUT2D eigenvalue weighted by Gasteiger charge is -2.14. The first-order chi connectivity index (χ1) is 10.1. The third-order valence-electron chi connectivity index (χ3n) is 3.41. The second-order valence-corrected chi connectivity index (χ2v) is 5.12. The molecule has 0 bridgehead atoms. The number of nitrogens with two attached hydrogens (primary N) is 1. The lowest BCUT2D eigenvalue weighted by Crippen LogP contribution is -2.34. The molecule has 0 aliphatic carbocycles. The summed E-state index contributed by atoms with van der Waals surface area (Å²) >= 11 is 0. The molecular weight excluding hydrogens is 268 g/mol. The Bertz CT molecular complexity index is 621. The second kappa shape index (κ2) is 6.63. The third-order valence-corrected chi connectivity index (χ3v) is 3.41. The monoisotopic (exact) mass is 290 g/mol. The van der Waals surface area contributed by atoms with E-state index < -0.39 is 0 Å². The van der Waals surface area contributed by atoms with E-state index in [0.29, 0.717) is 24.5 Å². The van der Waals surface area contributed by atoms with E-state index >= 15 is 0 Å². The molecule has 1 aromatic heterocycles. The SMILES string of the molecule is CCOc1cccc2cc(C(C)NC(=O)C(C)CN)oc12. The molecule has 3 N–H and O–H groups in total. The largest absolute Gasteiger partial charge is 0.490 e. The molecule has 2 unspecified atom stereocenters. The first-order valence-corrected chi connectivity index (χ1v) is 7.22. The average Bonchev–Trinajstić information content (AvgIpc) is 2.91. The molecular formula is C16H22N2O3. The number of ether oxygens (including phenoxy) is 1. The quantitative estimate of drug-likeness (QED) is 0.857. The molecule has 1 heterocycles. The summed E-state index contributed by atoms with van der Waals surface area (Å²) in [7, 11) is 0. The molecule has 0 aliphatic heterocycles. The second-order valence-electron chi connectivity index (χ2n) is 5.12. The molecule has 1 aromatic carbocycles. The molecule has 0 radical (unpaired) electrons. The van der Waals surface area contributed by atoms with Crippen LogP contribution in [0.3, 0.4) is 0 Å². The van der Waals surface area contributed by atoms with E-state index in [1.54, 1.807) is 6.92 Å². The summed E-state index contributed by atoms with van der Waals surface area (Å²) < 4.78 is 11.4. The van der Waals surface area contributed by atoms with Crippen LogP contribution < -0.4 is 15.8 Å². The van der Waals surface area contributed by atoms with E-state index in [1.165, 1.54) is 0 Å². The van der Waals surface area contributed by atoms with E-state index in [2.05, 4.69) is 5.32 Å². The molecule has 0 saturated carbocycles. The van der Waals surface area contributed by atoms with E-state index in [1.807, 2.05) is 38.1 Å². The number of carbonyl (C=O) groups is 1. The Morgan fingerprint density at radius 2 is 2.19 bits per heavy atom. The Morgan fingerprint density at radius 1 is 1.43 bits per heavy atom. The Hall–Kier alpha value is -2.01. The van der Waals surface area contributed by atoms with Gasteiger partial charge in [0.05, 0.1) is 12.6 Å². The van der Waals surface area contributed by atoms with Crippen molar-refractivity contribution in [1.29, 1.82) is 0 Å². The minimum atomic E-state index is -0.214. The number of benzene rings is 1. The number of hydrogen-bond acceptors (Lipinski definition) is 4. The molecule has 0 spiro atoms. The Morgan fingerprint density at radius 3 is 2.86 bits per heavy atom. The van der Waals surface area contributed by atoms with Gasteiger partial charge in [0, 0.05) is 17.8 Å². The van der Waals surface area contributed by atoms with Crippen LogP contribution in [0.2, 0.25) is 0 Å². The van der Waals surface area contributed by atoms with Crippen LogP contribution >= 0.6 is 0 Å². The van der Waals surface area contributed by atoms with Gasteiger partial charge in [0.15, 0.2) is 11.3 Å². The Kier molecular flexibility index (Phi) is 4.85. The first kappa shape index (κ1) is 15.4. The molecule has 1 amide bonds. The van der Waals surface area contributed by atoms with Gasteiger partial charge in [-0.1, -0.05) is 19.1 Å². The molecule has 2 aromatic rings. The number of para-hydroxylation sites is 1. The molecule has 5 heteroatoms. The molecule has 5 nitrogen and oxygen atoms in total. The van der Waals surface area contributed by atoms with Crippen LogP contribution in [0.15, 0.2) is 28.7 Å². The van der Waals surface area contributed by atoms with Gasteiger partial charge in [0.1, 0.15) is 5.76 Å². The van der Waals surface area contributed by atoms with E-state index in [9.17, 15) is 4.79 Å². The van der Waals surface area contributed by atoms with Crippen LogP contribution in [0.4, 0.5) is 0 Å². The van der Waals surface area contributed by atoms with Crippen LogP contribution in [0.1, 0.15) is 32.6 Å². The summed E-state index contributed by atoms with van der Waals surface area (Å²) in [6.07, 6.45) is 0. The summed E-state index contributed by atoms with van der Waals surface area (Å²) in [5.41, 5.74) is 6.21. The molecule has 0 saturated heterocycles. The highest BCUT2D eigenvalue weighted by atomic mass is 16.5. The van der Waals surface area contributed by atoms with Gasteiger partial charge in [0.2, 0.25) is 5.91 Å². The van der Waals surface area contributed by atoms with E-state index in [4.69, 9.17) is 14.9 Å². The van der Waals surface area contributed by atoms with Crippen molar-refractivity contribution in [2.45, 2.75) is 26.8 Å². The predicted molar refractivity (Wildman–Crippen MR) is 82.2 cm³/mol. The van der Waals surface area contributed by atoms with Crippen molar-refractivity contribution in [3.05, 3.63) is 30.0 Å². The zero-order chi connectivity index (χ0) is 15.4. The fourth-order valence-corrected chi connectivity index (χ4v) is 2.07. The highest BCUT2D eigenvalue weighted by molar-refractivity contribution is 5.84. The molecule has 0 aliphatic rings. The minimum absolute atomic E-state index is 0.0736. The van der Waals surface area contributed by atoms with Gasteiger partial charge in [0.25, 0.3) is 0 Å². The zero-order valence-corrected chi connectivity index (χ0v) is 12.7. The molecule has 2 rings (SSSR count). The summed E-state index contributed by atoms with van der Waals surface area (Å²) in [4.78, 5) is 11.9. The van der Waals surface area contributed by atoms with Crippen molar-refractivity contribution in [2.75, 3.05) is 13.2 Å². The number of amides is 1. The average molecular weight is 290 g/mol. The molecule has 2 atom stereocenters.